The Labute approximate surface area is 113 Å². The topological polar surface area (TPSA) is 59.6 Å². The number of hydrogen-bond acceptors (Lipinski definition) is 3. The molecule has 0 spiro atoms. The Morgan fingerprint density at radius 3 is 2.35 bits per heavy atom. The third-order valence-corrected chi connectivity index (χ3v) is 3.93. The Balaban J connectivity index is 2.39. The van der Waals surface area contributed by atoms with Gasteiger partial charge in [-0.1, -0.05) is 39.7 Å². The van der Waals surface area contributed by atoms with Crippen LogP contribution in [0.3, 0.4) is 0 Å². The van der Waals surface area contributed by atoms with E-state index in [4.69, 9.17) is 16.9 Å². The second kappa shape index (κ2) is 4.31. The number of benzene rings is 1. The normalized spacial score (nSPS) is 31.8. The summed E-state index contributed by atoms with van der Waals surface area (Å²) in [4.78, 5) is 0. The van der Waals surface area contributed by atoms with Crippen molar-refractivity contribution < 1.29 is 0 Å². The molecule has 5 heteroatoms. The highest BCUT2D eigenvalue weighted by molar-refractivity contribution is 9.10. The lowest BCUT2D eigenvalue weighted by Gasteiger charge is -2.22. The molecule has 0 radical (unpaired) electrons. The lowest BCUT2D eigenvalue weighted by atomic mass is 9.87. The molecule has 17 heavy (non-hydrogen) atoms. The van der Waals surface area contributed by atoms with Gasteiger partial charge in [-0.2, -0.15) is 10.5 Å². The highest BCUT2D eigenvalue weighted by Crippen LogP contribution is 2.40. The molecular weight excluding hydrogens is 302 g/mol. The minimum absolute atomic E-state index is 0.411. The van der Waals surface area contributed by atoms with Crippen LogP contribution in [0.15, 0.2) is 24.3 Å². The van der Waals surface area contributed by atoms with Gasteiger partial charge in [-0.3, -0.25) is 5.32 Å². The van der Waals surface area contributed by atoms with E-state index in [9.17, 15) is 5.26 Å². The van der Waals surface area contributed by atoms with Crippen LogP contribution in [0.1, 0.15) is 12.0 Å². The molecule has 0 aliphatic carbocycles. The standard InChI is InChI=1S/C12H9BrClN3/c13-11(6-15)5-12(7-16,17-8-11)9-1-3-10(14)4-2-9/h1-4,17H,5,8H2. The van der Waals surface area contributed by atoms with Crippen LogP contribution in [0.4, 0.5) is 0 Å². The van der Waals surface area contributed by atoms with E-state index in [-0.39, 0.29) is 0 Å². The molecule has 1 heterocycles. The summed E-state index contributed by atoms with van der Waals surface area (Å²) in [6, 6.07) is 11.6. The van der Waals surface area contributed by atoms with Crippen molar-refractivity contribution >= 4 is 27.5 Å². The first-order chi connectivity index (χ1) is 8.03. The van der Waals surface area contributed by atoms with Crippen molar-refractivity contribution in [2.45, 2.75) is 16.3 Å². The van der Waals surface area contributed by atoms with E-state index >= 15 is 0 Å². The predicted molar refractivity (Wildman–Crippen MR) is 68.6 cm³/mol. The van der Waals surface area contributed by atoms with Crippen molar-refractivity contribution in [3.8, 4) is 12.1 Å². The molecule has 1 N–H and O–H groups in total. The Bertz CT molecular complexity index is 516. The first-order valence-corrected chi connectivity index (χ1v) is 6.23. The number of hydrogen-bond donors (Lipinski definition) is 1. The Morgan fingerprint density at radius 1 is 1.24 bits per heavy atom. The van der Waals surface area contributed by atoms with Crippen molar-refractivity contribution in [2.75, 3.05) is 6.54 Å². The fourth-order valence-electron chi connectivity index (χ4n) is 2.00. The number of nitriles is 2. The summed E-state index contributed by atoms with van der Waals surface area (Å²) in [5.41, 5.74) is 0.0186. The maximum absolute atomic E-state index is 9.39. The van der Waals surface area contributed by atoms with Crippen LogP contribution in [0.5, 0.6) is 0 Å². The lowest BCUT2D eigenvalue weighted by Crippen LogP contribution is -2.34. The van der Waals surface area contributed by atoms with Crippen LogP contribution in [-0.2, 0) is 5.54 Å². The lowest BCUT2D eigenvalue weighted by molar-refractivity contribution is 0.507. The van der Waals surface area contributed by atoms with Crippen LogP contribution in [0, 0.1) is 22.7 Å². The molecule has 1 aromatic carbocycles. The summed E-state index contributed by atoms with van der Waals surface area (Å²) in [7, 11) is 0. The molecule has 1 saturated heterocycles. The van der Waals surface area contributed by atoms with Gasteiger partial charge in [0.1, 0.15) is 9.86 Å². The molecule has 1 aliphatic rings. The molecule has 0 aromatic heterocycles. The molecule has 1 aliphatic heterocycles. The quantitative estimate of drug-likeness (QED) is 0.811. The molecule has 0 amide bonds. The van der Waals surface area contributed by atoms with E-state index < -0.39 is 9.86 Å². The summed E-state index contributed by atoms with van der Waals surface area (Å²) >= 11 is 9.20. The van der Waals surface area contributed by atoms with E-state index in [0.29, 0.717) is 18.0 Å². The highest BCUT2D eigenvalue weighted by Gasteiger charge is 2.48. The van der Waals surface area contributed by atoms with E-state index in [2.05, 4.69) is 33.4 Å². The van der Waals surface area contributed by atoms with E-state index in [0.717, 1.165) is 5.56 Å². The molecule has 0 saturated carbocycles. The fraction of sp³-hybridized carbons (Fsp3) is 0.333. The Morgan fingerprint density at radius 2 is 1.88 bits per heavy atom. The van der Waals surface area contributed by atoms with Gasteiger partial charge in [0.25, 0.3) is 0 Å². The third kappa shape index (κ3) is 2.17. The van der Waals surface area contributed by atoms with Gasteiger partial charge >= 0.3 is 0 Å². The van der Waals surface area contributed by atoms with Crippen LogP contribution in [-0.4, -0.2) is 10.9 Å². The first kappa shape index (κ1) is 12.4. The second-order valence-electron chi connectivity index (χ2n) is 4.13. The zero-order valence-corrected chi connectivity index (χ0v) is 11.2. The van der Waals surface area contributed by atoms with E-state index in [1.807, 2.05) is 12.1 Å². The Kier molecular flexibility index (Phi) is 3.14. The second-order valence-corrected chi connectivity index (χ2v) is 6.09. The molecule has 2 rings (SSSR count). The van der Waals surface area contributed by atoms with Gasteiger partial charge in [-0.05, 0) is 17.7 Å². The van der Waals surface area contributed by atoms with Crippen molar-refractivity contribution in [3.05, 3.63) is 34.9 Å². The van der Waals surface area contributed by atoms with Gasteiger partial charge in [0, 0.05) is 18.0 Å². The summed E-state index contributed by atoms with van der Waals surface area (Å²) in [6.07, 6.45) is 0.411. The van der Waals surface area contributed by atoms with Gasteiger partial charge in [0.05, 0.1) is 12.1 Å². The predicted octanol–water partition coefficient (Wildman–Crippen LogP) is 2.71. The molecule has 2 unspecified atom stereocenters. The number of rotatable bonds is 1. The fourth-order valence-corrected chi connectivity index (χ4v) is 2.68. The van der Waals surface area contributed by atoms with Gasteiger partial charge in [-0.25, -0.2) is 0 Å². The number of alkyl halides is 1. The van der Waals surface area contributed by atoms with Gasteiger partial charge in [0.2, 0.25) is 0 Å². The summed E-state index contributed by atoms with van der Waals surface area (Å²) in [6.45, 7) is 0.444. The average molecular weight is 311 g/mol. The SMILES string of the molecule is N#CC1(Br)CNC(C#N)(c2ccc(Cl)cc2)C1. The average Bonchev–Trinajstić information content (AvgIpc) is 2.70. The molecule has 1 fully saturated rings. The van der Waals surface area contributed by atoms with Crippen molar-refractivity contribution in [2.24, 2.45) is 0 Å². The van der Waals surface area contributed by atoms with Gasteiger partial charge < -0.3 is 0 Å². The maximum atomic E-state index is 9.39. The third-order valence-electron chi connectivity index (χ3n) is 2.94. The van der Waals surface area contributed by atoms with Crippen LogP contribution in [0.25, 0.3) is 0 Å². The maximum Gasteiger partial charge on any atom is 0.134 e. The van der Waals surface area contributed by atoms with Crippen LogP contribution >= 0.6 is 27.5 Å². The molecule has 86 valence electrons. The van der Waals surface area contributed by atoms with Crippen molar-refractivity contribution in [3.63, 3.8) is 0 Å². The Hall–Kier alpha value is -1.07. The smallest absolute Gasteiger partial charge is 0.134 e. The molecule has 2 atom stereocenters. The van der Waals surface area contributed by atoms with Crippen molar-refractivity contribution in [1.82, 2.24) is 5.32 Å². The molecule has 3 nitrogen and oxygen atoms in total. The van der Waals surface area contributed by atoms with Crippen molar-refractivity contribution in [1.29, 1.82) is 10.5 Å². The minimum Gasteiger partial charge on any atom is -0.293 e. The minimum atomic E-state index is -0.816. The van der Waals surface area contributed by atoms with Gasteiger partial charge in [0.15, 0.2) is 0 Å². The van der Waals surface area contributed by atoms with Crippen LogP contribution < -0.4 is 5.32 Å². The zero-order valence-electron chi connectivity index (χ0n) is 8.87. The number of halogens is 2. The number of nitrogens with zero attached hydrogens (tertiary/aromatic N) is 2. The monoisotopic (exact) mass is 309 g/mol. The van der Waals surface area contributed by atoms with E-state index in [1.165, 1.54) is 0 Å². The molecular formula is C12H9BrClN3. The molecule has 0 bridgehead atoms. The first-order valence-electron chi connectivity index (χ1n) is 5.06. The summed E-state index contributed by atoms with van der Waals surface area (Å²) in [5, 5.41) is 22.2. The number of nitrogens with one attached hydrogen (secondary N) is 1. The summed E-state index contributed by atoms with van der Waals surface area (Å²) in [5.74, 6) is 0. The zero-order chi connectivity index (χ0) is 12.5. The largest absolute Gasteiger partial charge is 0.293 e. The highest BCUT2D eigenvalue weighted by atomic mass is 79.9. The van der Waals surface area contributed by atoms with Gasteiger partial charge in [-0.15, -0.1) is 0 Å². The summed E-state index contributed by atoms with van der Waals surface area (Å²) < 4.78 is -0.678. The van der Waals surface area contributed by atoms with E-state index in [1.54, 1.807) is 12.1 Å². The van der Waals surface area contributed by atoms with Crippen LogP contribution in [0.2, 0.25) is 5.02 Å². The molecule has 1 aromatic rings.